The molecule has 3 aromatic rings. The van der Waals surface area contributed by atoms with E-state index in [0.717, 1.165) is 0 Å². The van der Waals surface area contributed by atoms with E-state index >= 15 is 0 Å². The topological polar surface area (TPSA) is 0 Å². The van der Waals surface area contributed by atoms with Gasteiger partial charge in [0.1, 0.15) is 0 Å². The molecule has 117 valence electrons. The van der Waals surface area contributed by atoms with E-state index in [2.05, 4.69) is 104 Å². The molecule has 0 saturated heterocycles. The minimum atomic E-state index is -2.17. The summed E-state index contributed by atoms with van der Waals surface area (Å²) >= 11 is 2.45. The summed E-state index contributed by atoms with van der Waals surface area (Å²) in [5, 5.41) is 0.417. The summed E-state index contributed by atoms with van der Waals surface area (Å²) in [5.74, 6) is 0. The summed E-state index contributed by atoms with van der Waals surface area (Å²) in [5.41, 5.74) is 0. The van der Waals surface area contributed by atoms with Crippen molar-refractivity contribution in [2.45, 2.75) is 19.1 Å². The van der Waals surface area contributed by atoms with Crippen LogP contribution >= 0.6 is 0 Å². The van der Waals surface area contributed by atoms with Crippen LogP contribution in [0.15, 0.2) is 91.0 Å². The van der Waals surface area contributed by atoms with Crippen LogP contribution in [0.25, 0.3) is 0 Å². The van der Waals surface area contributed by atoms with Crippen molar-refractivity contribution in [2.75, 3.05) is 0 Å². The second-order valence-electron chi connectivity index (χ2n) is 5.52. The quantitative estimate of drug-likeness (QED) is 0.383. The van der Waals surface area contributed by atoms with Crippen LogP contribution in [-0.2, 0) is 12.6 Å². The molecule has 0 aliphatic carbocycles. The molecular formula is C21H22PbS-. The standard InChI is InChI=1S/3C6H5.C3H8S.Pb/c3*1-2-4-6-5-3-1;1-3(2)4;/h3*1-5H;3-4H,1-2H3;/p-1. The van der Waals surface area contributed by atoms with Crippen molar-refractivity contribution in [3.8, 4) is 0 Å². The molecule has 0 bridgehead atoms. The molecule has 2 heteroatoms. The maximum atomic E-state index is 4.62. The van der Waals surface area contributed by atoms with E-state index in [9.17, 15) is 0 Å². The molecule has 0 aromatic heterocycles. The van der Waals surface area contributed by atoms with Gasteiger partial charge in [0.25, 0.3) is 0 Å². The monoisotopic (exact) mass is 514 g/mol. The zero-order chi connectivity index (χ0) is 16.5. The summed E-state index contributed by atoms with van der Waals surface area (Å²) in [6, 6.07) is 33.0. The Hall–Kier alpha value is -1.07. The SMILES string of the molecule is CC(C)[S-].c1cc[c]([Pb]([c]2ccccc2)[c]2ccccc2)cc1. The molecule has 0 saturated carbocycles. The fourth-order valence-electron chi connectivity index (χ4n) is 2.31. The van der Waals surface area contributed by atoms with Gasteiger partial charge in [0.15, 0.2) is 0 Å². The summed E-state index contributed by atoms with van der Waals surface area (Å²) in [7, 11) is 0. The third kappa shape index (κ3) is 6.15. The average Bonchev–Trinajstić information content (AvgIpc) is 2.58. The van der Waals surface area contributed by atoms with Crippen LogP contribution in [0.5, 0.6) is 0 Å². The number of rotatable bonds is 3. The van der Waals surface area contributed by atoms with Gasteiger partial charge in [0.2, 0.25) is 0 Å². The molecule has 1 radical (unpaired) electrons. The normalized spacial score (nSPS) is 10.3. The molecule has 0 unspecified atom stereocenters. The van der Waals surface area contributed by atoms with Gasteiger partial charge in [-0.15, -0.1) is 0 Å². The van der Waals surface area contributed by atoms with E-state index in [-0.39, 0.29) is 0 Å². The zero-order valence-electron chi connectivity index (χ0n) is 13.6. The Morgan fingerprint density at radius 3 is 1.00 bits per heavy atom. The molecule has 0 spiro atoms. The van der Waals surface area contributed by atoms with E-state index in [0.29, 0.717) is 5.25 Å². The Kier molecular flexibility index (Phi) is 7.89. The van der Waals surface area contributed by atoms with Crippen LogP contribution in [-0.4, -0.2) is 28.0 Å². The van der Waals surface area contributed by atoms with Crippen molar-refractivity contribution in [1.29, 1.82) is 0 Å². The van der Waals surface area contributed by atoms with E-state index < -0.39 is 22.7 Å². The second kappa shape index (κ2) is 9.93. The fourth-order valence-corrected chi connectivity index (χ4v) is 12.3. The fraction of sp³-hybridized carbons (Fsp3) is 0.143. The molecule has 0 fully saturated rings. The van der Waals surface area contributed by atoms with E-state index in [1.807, 2.05) is 13.8 Å². The van der Waals surface area contributed by atoms with Gasteiger partial charge in [-0.3, -0.25) is 0 Å². The van der Waals surface area contributed by atoms with Crippen LogP contribution < -0.4 is 9.37 Å². The van der Waals surface area contributed by atoms with Crippen LogP contribution in [0.3, 0.4) is 0 Å². The van der Waals surface area contributed by atoms with E-state index in [1.165, 1.54) is 0 Å². The van der Waals surface area contributed by atoms with Gasteiger partial charge in [-0.05, 0) is 0 Å². The average molecular weight is 514 g/mol. The van der Waals surface area contributed by atoms with Crippen LogP contribution in [0, 0.1) is 0 Å². The third-order valence-corrected chi connectivity index (χ3v) is 13.8. The van der Waals surface area contributed by atoms with Gasteiger partial charge in [-0.1, -0.05) is 13.8 Å². The van der Waals surface area contributed by atoms with Crippen molar-refractivity contribution in [3.05, 3.63) is 91.0 Å². The molecule has 0 aliphatic rings. The van der Waals surface area contributed by atoms with Crippen molar-refractivity contribution in [1.82, 2.24) is 0 Å². The van der Waals surface area contributed by atoms with Crippen LogP contribution in [0.4, 0.5) is 0 Å². The predicted octanol–water partition coefficient (Wildman–Crippen LogP) is 3.14. The van der Waals surface area contributed by atoms with E-state index in [4.69, 9.17) is 0 Å². The van der Waals surface area contributed by atoms with Crippen molar-refractivity contribution < 1.29 is 0 Å². The second-order valence-corrected chi connectivity index (χ2v) is 16.1. The van der Waals surface area contributed by atoms with E-state index in [1.54, 1.807) is 9.37 Å². The minimum absolute atomic E-state index is 0.417. The first-order valence-electron chi connectivity index (χ1n) is 7.87. The zero-order valence-corrected chi connectivity index (χ0v) is 18.3. The molecule has 0 N–H and O–H groups in total. The first kappa shape index (κ1) is 18.3. The first-order valence-corrected chi connectivity index (χ1v) is 14.2. The maximum absolute atomic E-state index is 4.62. The Morgan fingerprint density at radius 2 is 0.783 bits per heavy atom. The Balaban J connectivity index is 0.000000433. The summed E-state index contributed by atoms with van der Waals surface area (Å²) in [6.07, 6.45) is 0. The molecule has 23 heavy (non-hydrogen) atoms. The Bertz CT molecular complexity index is 569. The predicted molar refractivity (Wildman–Crippen MR) is 106 cm³/mol. The number of benzene rings is 3. The molecule has 0 amide bonds. The van der Waals surface area contributed by atoms with Gasteiger partial charge < -0.3 is 12.6 Å². The molecule has 0 heterocycles. The Labute approximate surface area is 154 Å². The molecule has 0 nitrogen and oxygen atoms in total. The van der Waals surface area contributed by atoms with Gasteiger partial charge in [-0.2, -0.15) is 5.25 Å². The number of hydrogen-bond donors (Lipinski definition) is 0. The van der Waals surface area contributed by atoms with Gasteiger partial charge >= 0.3 is 123 Å². The van der Waals surface area contributed by atoms with Crippen molar-refractivity contribution in [3.63, 3.8) is 0 Å². The summed E-state index contributed by atoms with van der Waals surface area (Å²) in [6.45, 7) is 3.96. The van der Waals surface area contributed by atoms with Gasteiger partial charge in [-0.25, -0.2) is 0 Å². The third-order valence-electron chi connectivity index (χ3n) is 3.19. The first-order chi connectivity index (χ1) is 11.2. The van der Waals surface area contributed by atoms with Gasteiger partial charge in [0, 0.05) is 0 Å². The number of hydrogen-bond acceptors (Lipinski definition) is 1. The van der Waals surface area contributed by atoms with Crippen LogP contribution in [0.1, 0.15) is 13.8 Å². The molecular weight excluding hydrogens is 491 g/mol. The van der Waals surface area contributed by atoms with Gasteiger partial charge in [0.05, 0.1) is 0 Å². The van der Waals surface area contributed by atoms with Crippen molar-refractivity contribution in [2.24, 2.45) is 0 Å². The summed E-state index contributed by atoms with van der Waals surface area (Å²) < 4.78 is 4.64. The Morgan fingerprint density at radius 1 is 0.565 bits per heavy atom. The molecule has 0 atom stereocenters. The molecule has 0 aliphatic heterocycles. The molecule has 3 rings (SSSR count). The molecule has 3 aromatic carbocycles. The van der Waals surface area contributed by atoms with Crippen LogP contribution in [0.2, 0.25) is 0 Å². The van der Waals surface area contributed by atoms with Crippen molar-refractivity contribution >= 4 is 44.7 Å². The summed E-state index contributed by atoms with van der Waals surface area (Å²) in [4.78, 5) is 0.